The van der Waals surface area contributed by atoms with Gasteiger partial charge in [-0.2, -0.15) is 4.31 Å². The van der Waals surface area contributed by atoms with E-state index in [0.717, 1.165) is 29.5 Å². The summed E-state index contributed by atoms with van der Waals surface area (Å²) in [5.41, 5.74) is 3.88. The molecule has 4 rings (SSSR count). The second kappa shape index (κ2) is 13.6. The highest BCUT2D eigenvalue weighted by atomic mass is 32.2. The molecule has 1 aromatic carbocycles. The molecule has 0 saturated heterocycles. The molecule has 1 amide bonds. The zero-order valence-electron chi connectivity index (χ0n) is 23.4. The van der Waals surface area contributed by atoms with E-state index >= 15 is 0 Å². The van der Waals surface area contributed by atoms with Crippen molar-refractivity contribution in [3.05, 3.63) is 52.7 Å². The van der Waals surface area contributed by atoms with Crippen molar-refractivity contribution in [2.24, 2.45) is 5.92 Å². The summed E-state index contributed by atoms with van der Waals surface area (Å²) in [7, 11) is -3.21. The molecule has 0 aliphatic heterocycles. The molecule has 0 bridgehead atoms. The zero-order chi connectivity index (χ0) is 30.6. The summed E-state index contributed by atoms with van der Waals surface area (Å²) in [6.45, 7) is 2.85. The Morgan fingerprint density at radius 2 is 1.95 bits per heavy atom. The van der Waals surface area contributed by atoms with Gasteiger partial charge in [-0.3, -0.25) is 14.1 Å². The van der Waals surface area contributed by atoms with Gasteiger partial charge < -0.3 is 24.3 Å². The fourth-order valence-electron chi connectivity index (χ4n) is 4.57. The standard InChI is InChI=1S/C27H34N3O10PS/c1-16-6-8-19(9-7-16)24-23(25(31)28-3)21-13-20(18-10-11-18)22(29-26(21)40-24)14-30(42(36)37)12-4-5-17(2)27(32)38-15-39-41(33,34)35/h6-9,13,17-18H,4-5,10-12,14-15H2,1-3H3,(H,28,31)(H,36,37)(H2,33,34,35). The summed E-state index contributed by atoms with van der Waals surface area (Å²) in [6, 6.07) is 9.50. The number of nitrogens with one attached hydrogen (secondary N) is 1. The summed E-state index contributed by atoms with van der Waals surface area (Å²) < 4.78 is 49.3. The first-order valence-corrected chi connectivity index (χ1v) is 16.0. The number of nitrogens with zero attached hydrogens (tertiary/aromatic N) is 2. The van der Waals surface area contributed by atoms with Crippen molar-refractivity contribution in [3.8, 4) is 11.3 Å². The predicted molar refractivity (Wildman–Crippen MR) is 153 cm³/mol. The Bertz CT molecular complexity index is 1520. The average molecular weight is 624 g/mol. The Hall–Kier alpha value is -2.97. The maximum atomic E-state index is 13.0. The quantitative estimate of drug-likeness (QED) is 0.0879. The molecule has 2 unspecified atom stereocenters. The largest absolute Gasteiger partial charge is 0.472 e. The number of pyridine rings is 1. The third kappa shape index (κ3) is 8.10. The van der Waals surface area contributed by atoms with Crippen molar-refractivity contribution in [1.82, 2.24) is 14.6 Å². The molecule has 1 aliphatic carbocycles. The van der Waals surface area contributed by atoms with Gasteiger partial charge in [-0.05, 0) is 50.2 Å². The molecule has 228 valence electrons. The van der Waals surface area contributed by atoms with E-state index in [1.165, 1.54) is 4.31 Å². The van der Waals surface area contributed by atoms with Gasteiger partial charge in [0, 0.05) is 19.2 Å². The van der Waals surface area contributed by atoms with Gasteiger partial charge in [-0.15, -0.1) is 0 Å². The Kier molecular flexibility index (Phi) is 10.3. The molecule has 0 radical (unpaired) electrons. The predicted octanol–water partition coefficient (Wildman–Crippen LogP) is 4.01. The topological polar surface area (TPSA) is 189 Å². The number of carbonyl (C=O) groups excluding carboxylic acids is 2. The van der Waals surface area contributed by atoms with Crippen LogP contribution in [0.5, 0.6) is 0 Å². The Balaban J connectivity index is 1.54. The third-order valence-electron chi connectivity index (χ3n) is 7.00. The van der Waals surface area contributed by atoms with Crippen LogP contribution in [0.2, 0.25) is 0 Å². The highest BCUT2D eigenvalue weighted by molar-refractivity contribution is 7.76. The third-order valence-corrected chi connectivity index (χ3v) is 8.19. The van der Waals surface area contributed by atoms with E-state index in [-0.39, 0.29) is 37.0 Å². The molecular formula is C27H34N3O10PS. The van der Waals surface area contributed by atoms with Gasteiger partial charge in [-0.1, -0.05) is 36.8 Å². The molecule has 42 heavy (non-hydrogen) atoms. The molecule has 0 spiro atoms. The second-order valence-electron chi connectivity index (χ2n) is 10.2. The van der Waals surface area contributed by atoms with Crippen molar-refractivity contribution < 1.29 is 46.4 Å². The van der Waals surface area contributed by atoms with Crippen LogP contribution in [0.1, 0.15) is 65.7 Å². The maximum absolute atomic E-state index is 13.0. The molecule has 1 fully saturated rings. The van der Waals surface area contributed by atoms with Crippen molar-refractivity contribution in [3.63, 3.8) is 0 Å². The first-order valence-electron chi connectivity index (χ1n) is 13.4. The van der Waals surface area contributed by atoms with Crippen molar-refractivity contribution >= 4 is 42.1 Å². The van der Waals surface area contributed by atoms with Crippen LogP contribution in [0.4, 0.5) is 0 Å². The number of carbonyl (C=O) groups is 2. The highest BCUT2D eigenvalue weighted by Crippen LogP contribution is 2.44. The van der Waals surface area contributed by atoms with Crippen LogP contribution in [-0.4, -0.2) is 60.1 Å². The number of esters is 1. The van der Waals surface area contributed by atoms with Gasteiger partial charge in [0.15, 0.2) is 0 Å². The lowest BCUT2D eigenvalue weighted by molar-refractivity contribution is -0.155. The minimum atomic E-state index is -4.76. The molecular weight excluding hydrogens is 589 g/mol. The number of ether oxygens (including phenoxy) is 1. The van der Waals surface area contributed by atoms with E-state index in [2.05, 4.69) is 9.84 Å². The molecule has 3 aromatic rings. The average Bonchev–Trinajstić information content (AvgIpc) is 3.71. The van der Waals surface area contributed by atoms with Gasteiger partial charge in [0.1, 0.15) is 5.76 Å². The maximum Gasteiger partial charge on any atom is 0.472 e. The van der Waals surface area contributed by atoms with Crippen LogP contribution in [0.3, 0.4) is 0 Å². The molecule has 2 aromatic heterocycles. The normalized spacial score (nSPS) is 15.1. The number of phosphoric ester groups is 1. The van der Waals surface area contributed by atoms with Gasteiger partial charge >= 0.3 is 13.8 Å². The number of aromatic nitrogens is 1. The summed E-state index contributed by atoms with van der Waals surface area (Å²) >= 11 is -2.34. The minimum Gasteiger partial charge on any atom is -0.438 e. The number of hydrogen-bond donors (Lipinski definition) is 4. The Morgan fingerprint density at radius 1 is 1.26 bits per heavy atom. The van der Waals surface area contributed by atoms with E-state index in [0.29, 0.717) is 28.8 Å². The molecule has 1 aliphatic rings. The Labute approximate surface area is 245 Å². The number of phosphoric acid groups is 1. The van der Waals surface area contributed by atoms with Gasteiger partial charge in [0.05, 0.1) is 29.1 Å². The summed E-state index contributed by atoms with van der Waals surface area (Å²) in [5.74, 6) is -1.05. The van der Waals surface area contributed by atoms with Crippen LogP contribution >= 0.6 is 7.82 Å². The highest BCUT2D eigenvalue weighted by Gasteiger charge is 2.31. The minimum absolute atomic E-state index is 0.0374. The van der Waals surface area contributed by atoms with E-state index in [1.807, 2.05) is 37.3 Å². The van der Waals surface area contributed by atoms with Crippen molar-refractivity contribution in [1.29, 1.82) is 0 Å². The van der Waals surface area contributed by atoms with Crippen LogP contribution in [0.15, 0.2) is 34.7 Å². The summed E-state index contributed by atoms with van der Waals surface area (Å²) in [4.78, 5) is 47.1. The van der Waals surface area contributed by atoms with E-state index in [4.69, 9.17) is 23.9 Å². The fourth-order valence-corrected chi connectivity index (χ4v) is 5.28. The van der Waals surface area contributed by atoms with Crippen LogP contribution < -0.4 is 5.32 Å². The fraction of sp³-hybridized carbons (Fsp3) is 0.444. The number of fused-ring (bicyclic) bond motifs is 1. The molecule has 4 N–H and O–H groups in total. The lowest BCUT2D eigenvalue weighted by Gasteiger charge is -2.20. The number of amides is 1. The first-order chi connectivity index (χ1) is 19.9. The number of hydrogen-bond acceptors (Lipinski definition) is 8. The SMILES string of the molecule is CNC(=O)c1c(-c2ccc(C)cc2)oc2nc(CN(CCCC(C)C(=O)OCOP(=O)(O)O)S(=O)O)c(C3CC3)cc12. The van der Waals surface area contributed by atoms with Gasteiger partial charge in [0.25, 0.3) is 5.91 Å². The lowest BCUT2D eigenvalue weighted by atomic mass is 10.0. The van der Waals surface area contributed by atoms with Crippen molar-refractivity contribution in [2.75, 3.05) is 20.4 Å². The van der Waals surface area contributed by atoms with Gasteiger partial charge in [-0.25, -0.2) is 18.3 Å². The first kappa shape index (κ1) is 32.0. The van der Waals surface area contributed by atoms with Gasteiger partial charge in [0.2, 0.25) is 23.8 Å². The molecule has 2 atom stereocenters. The number of furan rings is 1. The van der Waals surface area contributed by atoms with E-state index in [9.17, 15) is 22.9 Å². The zero-order valence-corrected chi connectivity index (χ0v) is 25.2. The molecule has 1 saturated carbocycles. The van der Waals surface area contributed by atoms with Crippen LogP contribution in [0, 0.1) is 12.8 Å². The number of benzene rings is 1. The molecule has 2 heterocycles. The van der Waals surface area contributed by atoms with E-state index in [1.54, 1.807) is 14.0 Å². The van der Waals surface area contributed by atoms with E-state index < -0.39 is 37.8 Å². The van der Waals surface area contributed by atoms with Crippen LogP contribution in [0.25, 0.3) is 22.4 Å². The summed E-state index contributed by atoms with van der Waals surface area (Å²) in [5, 5.41) is 3.25. The monoisotopic (exact) mass is 623 g/mol. The lowest BCUT2D eigenvalue weighted by Crippen LogP contribution is -2.28. The van der Waals surface area contributed by atoms with Crippen LogP contribution in [-0.2, 0) is 36.4 Å². The number of aryl methyl sites for hydroxylation is 1. The summed E-state index contributed by atoms with van der Waals surface area (Å²) in [6.07, 6.45) is 2.51. The number of rotatable bonds is 14. The smallest absolute Gasteiger partial charge is 0.438 e. The molecule has 15 heteroatoms. The Morgan fingerprint density at radius 3 is 2.55 bits per heavy atom. The second-order valence-corrected chi connectivity index (χ2v) is 12.5. The van der Waals surface area contributed by atoms with Crippen molar-refractivity contribution in [2.45, 2.75) is 52.0 Å². The molecule has 13 nitrogen and oxygen atoms in total.